The Morgan fingerprint density at radius 2 is 1.88 bits per heavy atom. The first-order valence-electron chi connectivity index (χ1n) is 8.65. The summed E-state index contributed by atoms with van der Waals surface area (Å²) in [6, 6.07) is 17.2. The lowest BCUT2D eigenvalue weighted by Gasteiger charge is -2.21. The standard InChI is InChI=1S/C20H24N2O3/c1-15(21-20(24)22-12-11-16(13-22)14-23)17-7-9-19(10-8-17)25-18-5-3-2-4-6-18/h2-10,15-16,23H,11-14H2,1H3,(H,21,24). The van der Waals surface area contributed by atoms with Crippen LogP contribution in [0.1, 0.15) is 24.9 Å². The van der Waals surface area contributed by atoms with Gasteiger partial charge in [-0.2, -0.15) is 0 Å². The first-order valence-corrected chi connectivity index (χ1v) is 8.65. The highest BCUT2D eigenvalue weighted by atomic mass is 16.5. The van der Waals surface area contributed by atoms with Gasteiger partial charge in [0.05, 0.1) is 6.04 Å². The van der Waals surface area contributed by atoms with Gasteiger partial charge in [-0.15, -0.1) is 0 Å². The second-order valence-electron chi connectivity index (χ2n) is 6.44. The van der Waals surface area contributed by atoms with Gasteiger partial charge in [0.1, 0.15) is 11.5 Å². The third-order valence-corrected chi connectivity index (χ3v) is 4.53. The maximum absolute atomic E-state index is 12.3. The zero-order chi connectivity index (χ0) is 17.6. The molecule has 2 atom stereocenters. The molecule has 0 spiro atoms. The quantitative estimate of drug-likeness (QED) is 0.875. The van der Waals surface area contributed by atoms with Gasteiger partial charge in [-0.1, -0.05) is 30.3 Å². The summed E-state index contributed by atoms with van der Waals surface area (Å²) in [5.41, 5.74) is 1.02. The van der Waals surface area contributed by atoms with Crippen molar-refractivity contribution in [3.8, 4) is 11.5 Å². The van der Waals surface area contributed by atoms with E-state index in [1.165, 1.54) is 0 Å². The molecule has 25 heavy (non-hydrogen) atoms. The van der Waals surface area contributed by atoms with Crippen molar-refractivity contribution in [2.75, 3.05) is 19.7 Å². The molecule has 2 aromatic carbocycles. The van der Waals surface area contributed by atoms with Crippen molar-refractivity contribution in [2.24, 2.45) is 5.92 Å². The molecule has 1 aliphatic rings. The van der Waals surface area contributed by atoms with Crippen molar-refractivity contribution >= 4 is 6.03 Å². The lowest BCUT2D eigenvalue weighted by atomic mass is 10.1. The van der Waals surface area contributed by atoms with Gasteiger partial charge in [-0.05, 0) is 43.2 Å². The number of para-hydroxylation sites is 1. The van der Waals surface area contributed by atoms with Crippen LogP contribution in [0.2, 0.25) is 0 Å². The smallest absolute Gasteiger partial charge is 0.317 e. The zero-order valence-electron chi connectivity index (χ0n) is 14.4. The Morgan fingerprint density at radius 1 is 1.20 bits per heavy atom. The molecule has 1 aliphatic heterocycles. The van der Waals surface area contributed by atoms with E-state index < -0.39 is 0 Å². The topological polar surface area (TPSA) is 61.8 Å². The summed E-state index contributed by atoms with van der Waals surface area (Å²) in [7, 11) is 0. The zero-order valence-corrected chi connectivity index (χ0v) is 14.4. The molecule has 2 amide bonds. The van der Waals surface area contributed by atoms with Crippen LogP contribution in [0.4, 0.5) is 4.79 Å². The van der Waals surface area contributed by atoms with Crippen LogP contribution in [0.15, 0.2) is 54.6 Å². The number of rotatable bonds is 5. The van der Waals surface area contributed by atoms with Gasteiger partial charge < -0.3 is 20.1 Å². The third kappa shape index (κ3) is 4.51. The van der Waals surface area contributed by atoms with Crippen LogP contribution in [0.5, 0.6) is 11.5 Å². The molecule has 0 saturated carbocycles. The van der Waals surface area contributed by atoms with Gasteiger partial charge in [0.15, 0.2) is 0 Å². The van der Waals surface area contributed by atoms with Crippen LogP contribution in [0, 0.1) is 5.92 Å². The molecular formula is C20H24N2O3. The predicted octanol–water partition coefficient (Wildman–Crippen LogP) is 3.56. The normalized spacial score (nSPS) is 18.0. The summed E-state index contributed by atoms with van der Waals surface area (Å²) in [4.78, 5) is 14.1. The Labute approximate surface area is 148 Å². The largest absolute Gasteiger partial charge is 0.457 e. The molecule has 1 saturated heterocycles. The van der Waals surface area contributed by atoms with E-state index in [9.17, 15) is 9.90 Å². The number of likely N-dealkylation sites (tertiary alicyclic amines) is 1. The van der Waals surface area contributed by atoms with Gasteiger partial charge in [0.2, 0.25) is 0 Å². The summed E-state index contributed by atoms with van der Waals surface area (Å²) in [6.45, 7) is 3.43. The number of nitrogens with zero attached hydrogens (tertiary/aromatic N) is 1. The average molecular weight is 340 g/mol. The number of hydrogen-bond acceptors (Lipinski definition) is 3. The molecule has 2 unspecified atom stereocenters. The highest BCUT2D eigenvalue weighted by Crippen LogP contribution is 2.23. The van der Waals surface area contributed by atoms with E-state index in [-0.39, 0.29) is 24.6 Å². The van der Waals surface area contributed by atoms with Crippen LogP contribution in [-0.4, -0.2) is 35.7 Å². The molecule has 0 aliphatic carbocycles. The number of aliphatic hydroxyl groups is 1. The van der Waals surface area contributed by atoms with Crippen molar-refractivity contribution in [2.45, 2.75) is 19.4 Å². The third-order valence-electron chi connectivity index (χ3n) is 4.53. The number of urea groups is 1. The first-order chi connectivity index (χ1) is 12.2. The molecule has 0 bridgehead atoms. The molecule has 5 nitrogen and oxygen atoms in total. The highest BCUT2D eigenvalue weighted by Gasteiger charge is 2.26. The molecular weight excluding hydrogens is 316 g/mol. The van der Waals surface area contributed by atoms with Crippen LogP contribution in [0.25, 0.3) is 0 Å². The van der Waals surface area contributed by atoms with Gasteiger partial charge in [0.25, 0.3) is 0 Å². The fourth-order valence-electron chi connectivity index (χ4n) is 2.98. The van der Waals surface area contributed by atoms with Gasteiger partial charge in [-0.3, -0.25) is 0 Å². The monoisotopic (exact) mass is 340 g/mol. The van der Waals surface area contributed by atoms with Crippen molar-refractivity contribution in [1.82, 2.24) is 10.2 Å². The Kier molecular flexibility index (Phi) is 5.56. The van der Waals surface area contributed by atoms with Gasteiger partial charge in [-0.25, -0.2) is 4.79 Å². The maximum Gasteiger partial charge on any atom is 0.317 e. The van der Waals surface area contributed by atoms with E-state index >= 15 is 0 Å². The summed E-state index contributed by atoms with van der Waals surface area (Å²) in [6.07, 6.45) is 0.865. The predicted molar refractivity (Wildman–Crippen MR) is 96.7 cm³/mol. The number of hydrogen-bond donors (Lipinski definition) is 2. The number of ether oxygens (including phenoxy) is 1. The molecule has 2 N–H and O–H groups in total. The summed E-state index contributed by atoms with van der Waals surface area (Å²) in [5.74, 6) is 1.76. The minimum Gasteiger partial charge on any atom is -0.457 e. The fourth-order valence-corrected chi connectivity index (χ4v) is 2.98. The Balaban J connectivity index is 1.55. The van der Waals surface area contributed by atoms with Crippen molar-refractivity contribution < 1.29 is 14.6 Å². The van der Waals surface area contributed by atoms with E-state index in [1.807, 2.05) is 61.5 Å². The lowest BCUT2D eigenvalue weighted by Crippen LogP contribution is -2.39. The lowest BCUT2D eigenvalue weighted by molar-refractivity contribution is 0.195. The summed E-state index contributed by atoms with van der Waals surface area (Å²) in [5, 5.41) is 12.2. The van der Waals surface area contributed by atoms with Gasteiger partial charge in [0, 0.05) is 25.6 Å². The summed E-state index contributed by atoms with van der Waals surface area (Å²) < 4.78 is 5.78. The highest BCUT2D eigenvalue weighted by molar-refractivity contribution is 5.75. The van der Waals surface area contributed by atoms with Crippen LogP contribution < -0.4 is 10.1 Å². The SMILES string of the molecule is CC(NC(=O)N1CCC(CO)C1)c1ccc(Oc2ccccc2)cc1. The minimum absolute atomic E-state index is 0.0759. The number of carbonyl (C=O) groups is 1. The first kappa shape index (κ1) is 17.3. The fraction of sp³-hybridized carbons (Fsp3) is 0.350. The average Bonchev–Trinajstić information content (AvgIpc) is 3.12. The molecule has 3 rings (SSSR count). The molecule has 1 heterocycles. The Hall–Kier alpha value is -2.53. The molecule has 132 valence electrons. The van der Waals surface area contributed by atoms with Crippen molar-refractivity contribution in [3.05, 3.63) is 60.2 Å². The van der Waals surface area contributed by atoms with E-state index in [0.717, 1.165) is 23.5 Å². The second-order valence-corrected chi connectivity index (χ2v) is 6.44. The van der Waals surface area contributed by atoms with Crippen LogP contribution in [0.3, 0.4) is 0 Å². The number of aliphatic hydroxyl groups excluding tert-OH is 1. The second kappa shape index (κ2) is 8.03. The molecule has 5 heteroatoms. The molecule has 1 fully saturated rings. The van der Waals surface area contributed by atoms with E-state index in [4.69, 9.17) is 4.74 Å². The number of benzene rings is 2. The molecule has 0 radical (unpaired) electrons. The van der Waals surface area contributed by atoms with Crippen molar-refractivity contribution in [3.63, 3.8) is 0 Å². The Bertz CT molecular complexity index is 688. The van der Waals surface area contributed by atoms with Crippen LogP contribution >= 0.6 is 0 Å². The van der Waals surface area contributed by atoms with Crippen LogP contribution in [-0.2, 0) is 0 Å². The number of amides is 2. The Morgan fingerprint density at radius 3 is 2.52 bits per heavy atom. The van der Waals surface area contributed by atoms with Crippen molar-refractivity contribution in [1.29, 1.82) is 0 Å². The molecule has 0 aromatic heterocycles. The number of carbonyl (C=O) groups excluding carboxylic acids is 1. The van der Waals surface area contributed by atoms with E-state index in [1.54, 1.807) is 4.90 Å². The minimum atomic E-state index is -0.0912. The summed E-state index contributed by atoms with van der Waals surface area (Å²) >= 11 is 0. The maximum atomic E-state index is 12.3. The van der Waals surface area contributed by atoms with E-state index in [0.29, 0.717) is 13.1 Å². The van der Waals surface area contributed by atoms with Gasteiger partial charge >= 0.3 is 6.03 Å². The van der Waals surface area contributed by atoms with E-state index in [2.05, 4.69) is 5.32 Å². The number of nitrogens with one attached hydrogen (secondary N) is 1. The molecule has 2 aromatic rings.